The van der Waals surface area contributed by atoms with Crippen molar-refractivity contribution >= 4 is 45.3 Å². The lowest BCUT2D eigenvalue weighted by Gasteiger charge is -2.14. The maximum atomic E-state index is 11.9. The van der Waals surface area contributed by atoms with Crippen molar-refractivity contribution in [2.24, 2.45) is 5.73 Å². The number of hydrogen-bond acceptors (Lipinski definition) is 4. The number of hydrogen-bond donors (Lipinski definition) is 3. The molecule has 0 aliphatic carbocycles. The van der Waals surface area contributed by atoms with Gasteiger partial charge in [0.2, 0.25) is 5.91 Å². The van der Waals surface area contributed by atoms with E-state index in [1.165, 1.54) is 12.3 Å². The van der Waals surface area contributed by atoms with Crippen molar-refractivity contribution in [2.75, 3.05) is 0 Å². The zero-order valence-corrected chi connectivity index (χ0v) is 12.4. The molecule has 0 bridgehead atoms. The Labute approximate surface area is 127 Å². The molecule has 4 N–H and O–H groups in total. The lowest BCUT2D eigenvalue weighted by molar-refractivity contribution is -0.139. The summed E-state index contributed by atoms with van der Waals surface area (Å²) in [5, 5.41) is 11.2. The molecule has 0 saturated carbocycles. The van der Waals surface area contributed by atoms with Crippen molar-refractivity contribution in [3.63, 3.8) is 0 Å². The van der Waals surface area contributed by atoms with E-state index in [-0.39, 0.29) is 23.6 Å². The Morgan fingerprint density at radius 1 is 1.50 bits per heavy atom. The van der Waals surface area contributed by atoms with Gasteiger partial charge >= 0.3 is 5.97 Å². The lowest BCUT2D eigenvalue weighted by atomic mass is 10.1. The maximum absolute atomic E-state index is 11.9. The van der Waals surface area contributed by atoms with Gasteiger partial charge in [-0.1, -0.05) is 11.6 Å². The molecule has 1 aromatic rings. The number of amides is 2. The molecule has 1 rings (SSSR count). The van der Waals surface area contributed by atoms with Crippen molar-refractivity contribution in [3.8, 4) is 0 Å². The van der Waals surface area contributed by atoms with Gasteiger partial charge in [0.1, 0.15) is 11.2 Å². The Hall–Kier alpha value is -1.67. The van der Waals surface area contributed by atoms with Gasteiger partial charge in [0.15, 0.2) is 0 Å². The van der Waals surface area contributed by atoms with Crippen LogP contribution in [0.15, 0.2) is 16.7 Å². The number of nitrogens with zero attached hydrogens (tertiary/aromatic N) is 1. The van der Waals surface area contributed by atoms with Gasteiger partial charge in [0.25, 0.3) is 5.91 Å². The lowest BCUT2D eigenvalue weighted by Crippen LogP contribution is -2.41. The van der Waals surface area contributed by atoms with E-state index >= 15 is 0 Å². The van der Waals surface area contributed by atoms with E-state index in [0.717, 1.165) is 0 Å². The number of carbonyl (C=O) groups is 3. The molecule has 20 heavy (non-hydrogen) atoms. The minimum absolute atomic E-state index is 0.0337. The number of carbonyl (C=O) groups excluding carboxylic acids is 2. The van der Waals surface area contributed by atoms with Gasteiger partial charge in [-0.2, -0.15) is 0 Å². The number of nitrogens with one attached hydrogen (secondary N) is 1. The average molecular weight is 365 g/mol. The van der Waals surface area contributed by atoms with Crippen LogP contribution in [0.1, 0.15) is 23.2 Å². The first-order valence-corrected chi connectivity index (χ1v) is 6.61. The van der Waals surface area contributed by atoms with Crippen molar-refractivity contribution in [3.05, 3.63) is 27.5 Å². The Morgan fingerprint density at radius 2 is 2.15 bits per heavy atom. The molecule has 0 aromatic carbocycles. The van der Waals surface area contributed by atoms with Crippen LogP contribution in [0, 0.1) is 0 Å². The van der Waals surface area contributed by atoms with E-state index in [9.17, 15) is 14.4 Å². The fourth-order valence-corrected chi connectivity index (χ4v) is 1.88. The topological polar surface area (TPSA) is 122 Å². The van der Waals surface area contributed by atoms with Gasteiger partial charge in [-0.15, -0.1) is 0 Å². The van der Waals surface area contributed by atoms with E-state index in [1.54, 1.807) is 0 Å². The molecule has 0 fully saturated rings. The van der Waals surface area contributed by atoms with Gasteiger partial charge in [0.05, 0.1) is 5.56 Å². The normalized spacial score (nSPS) is 11.7. The number of nitrogens with two attached hydrogens (primary N) is 1. The molecule has 0 saturated heterocycles. The molecule has 0 radical (unpaired) electrons. The molecule has 1 atom stereocenters. The number of carboxylic acid groups (broad SMARTS) is 1. The Bertz CT molecular complexity index is 552. The summed E-state index contributed by atoms with van der Waals surface area (Å²) in [6.07, 6.45) is 1.15. The molecule has 0 aliphatic heterocycles. The predicted molar refractivity (Wildman–Crippen MR) is 74.3 cm³/mol. The van der Waals surface area contributed by atoms with Crippen molar-refractivity contribution in [2.45, 2.75) is 18.9 Å². The number of rotatable bonds is 6. The van der Waals surface area contributed by atoms with Crippen LogP contribution in [0.4, 0.5) is 0 Å². The van der Waals surface area contributed by atoms with Crippen LogP contribution in [-0.2, 0) is 9.59 Å². The van der Waals surface area contributed by atoms with Crippen LogP contribution >= 0.6 is 27.5 Å². The number of primary amides is 1. The molecular formula is C11H11BrClN3O4. The highest BCUT2D eigenvalue weighted by molar-refractivity contribution is 9.10. The third-order valence-corrected chi connectivity index (χ3v) is 3.07. The molecule has 1 aromatic heterocycles. The van der Waals surface area contributed by atoms with Crippen LogP contribution in [-0.4, -0.2) is 33.9 Å². The summed E-state index contributed by atoms with van der Waals surface area (Å²) in [6.45, 7) is 0. The first kappa shape index (κ1) is 16.4. The first-order valence-electron chi connectivity index (χ1n) is 5.44. The third-order valence-electron chi connectivity index (χ3n) is 2.33. The summed E-state index contributed by atoms with van der Waals surface area (Å²) in [6, 6.07) is 0.183. The van der Waals surface area contributed by atoms with Gasteiger partial charge in [-0.3, -0.25) is 9.59 Å². The SMILES string of the molecule is NC(=O)CCC(NC(=O)c1cc(Br)cnc1Cl)C(=O)O. The predicted octanol–water partition coefficient (Wildman–Crippen LogP) is 0.946. The molecular weight excluding hydrogens is 353 g/mol. The van der Waals surface area contributed by atoms with Crippen LogP contribution in [0.25, 0.3) is 0 Å². The number of aromatic nitrogens is 1. The van der Waals surface area contributed by atoms with Crippen molar-refractivity contribution in [1.82, 2.24) is 10.3 Å². The van der Waals surface area contributed by atoms with Crippen LogP contribution in [0.5, 0.6) is 0 Å². The maximum Gasteiger partial charge on any atom is 0.326 e. The minimum Gasteiger partial charge on any atom is -0.480 e. The quantitative estimate of drug-likeness (QED) is 0.649. The molecule has 9 heteroatoms. The van der Waals surface area contributed by atoms with Crippen LogP contribution < -0.4 is 11.1 Å². The number of aliphatic carboxylic acids is 1. The highest BCUT2D eigenvalue weighted by Gasteiger charge is 2.22. The van der Waals surface area contributed by atoms with E-state index in [2.05, 4.69) is 26.2 Å². The summed E-state index contributed by atoms with van der Waals surface area (Å²) < 4.78 is 0.524. The van der Waals surface area contributed by atoms with Crippen molar-refractivity contribution < 1.29 is 19.5 Å². The van der Waals surface area contributed by atoms with E-state index < -0.39 is 23.8 Å². The Balaban J connectivity index is 2.82. The second-order valence-corrected chi connectivity index (χ2v) is 5.13. The molecule has 0 spiro atoms. The first-order chi connectivity index (χ1) is 9.31. The largest absolute Gasteiger partial charge is 0.480 e. The fraction of sp³-hybridized carbons (Fsp3) is 0.273. The van der Waals surface area contributed by atoms with E-state index in [1.807, 2.05) is 0 Å². The van der Waals surface area contributed by atoms with Gasteiger partial charge in [-0.25, -0.2) is 9.78 Å². The molecule has 7 nitrogen and oxygen atoms in total. The zero-order chi connectivity index (χ0) is 15.3. The fourth-order valence-electron chi connectivity index (χ4n) is 1.36. The monoisotopic (exact) mass is 363 g/mol. The highest BCUT2D eigenvalue weighted by atomic mass is 79.9. The highest BCUT2D eigenvalue weighted by Crippen LogP contribution is 2.18. The number of halogens is 2. The van der Waals surface area contributed by atoms with Gasteiger partial charge in [-0.05, 0) is 28.4 Å². The summed E-state index contributed by atoms with van der Waals surface area (Å²) in [5.41, 5.74) is 4.98. The Morgan fingerprint density at radius 3 is 2.70 bits per heavy atom. The molecule has 1 unspecified atom stereocenters. The molecule has 1 heterocycles. The Kier molecular flexibility index (Phi) is 5.90. The molecule has 2 amide bonds. The number of carboxylic acids is 1. The van der Waals surface area contributed by atoms with Gasteiger partial charge in [0, 0.05) is 17.1 Å². The summed E-state index contributed by atoms with van der Waals surface area (Å²) >= 11 is 8.90. The van der Waals surface area contributed by atoms with E-state index in [0.29, 0.717) is 4.47 Å². The second kappa shape index (κ2) is 7.20. The number of pyridine rings is 1. The van der Waals surface area contributed by atoms with Crippen molar-refractivity contribution in [1.29, 1.82) is 0 Å². The van der Waals surface area contributed by atoms with E-state index in [4.69, 9.17) is 22.4 Å². The summed E-state index contributed by atoms with van der Waals surface area (Å²) in [5.74, 6) is -2.60. The van der Waals surface area contributed by atoms with Gasteiger partial charge < -0.3 is 16.2 Å². The second-order valence-electron chi connectivity index (χ2n) is 3.86. The standard InChI is InChI=1S/C11H11BrClN3O4/c12-5-3-6(9(13)15-4-5)10(18)16-7(11(19)20)1-2-8(14)17/h3-4,7H,1-2H2,(H2,14,17)(H,16,18)(H,19,20). The van der Waals surface area contributed by atoms with Crippen LogP contribution in [0.3, 0.4) is 0 Å². The zero-order valence-electron chi connectivity index (χ0n) is 10.1. The average Bonchev–Trinajstić information content (AvgIpc) is 2.36. The minimum atomic E-state index is -1.27. The molecule has 108 valence electrons. The third kappa shape index (κ3) is 4.78. The summed E-state index contributed by atoms with van der Waals surface area (Å²) in [7, 11) is 0. The molecule has 0 aliphatic rings. The summed E-state index contributed by atoms with van der Waals surface area (Å²) in [4.78, 5) is 37.4. The van der Waals surface area contributed by atoms with Crippen LogP contribution in [0.2, 0.25) is 5.15 Å². The smallest absolute Gasteiger partial charge is 0.326 e.